The second-order valence-corrected chi connectivity index (χ2v) is 4.64. The third-order valence-electron chi connectivity index (χ3n) is 2.51. The van der Waals surface area contributed by atoms with Gasteiger partial charge in [0.2, 0.25) is 0 Å². The van der Waals surface area contributed by atoms with Crippen molar-refractivity contribution in [1.29, 1.82) is 0 Å². The van der Waals surface area contributed by atoms with Crippen LogP contribution in [-0.2, 0) is 4.74 Å². The van der Waals surface area contributed by atoms with E-state index in [2.05, 4.69) is 31.1 Å². The predicted octanol–water partition coefficient (Wildman–Crippen LogP) is 0.953. The number of morpholine rings is 1. The minimum absolute atomic E-state index is 0.429. The number of ether oxygens (including phenoxy) is 1. The van der Waals surface area contributed by atoms with Gasteiger partial charge < -0.3 is 15.0 Å². The van der Waals surface area contributed by atoms with Crippen molar-refractivity contribution in [2.24, 2.45) is 5.92 Å². The van der Waals surface area contributed by atoms with Crippen molar-refractivity contribution < 1.29 is 4.74 Å². The molecule has 0 aromatic heterocycles. The van der Waals surface area contributed by atoms with Crippen LogP contribution in [0.5, 0.6) is 0 Å². The van der Waals surface area contributed by atoms with E-state index in [0.717, 1.165) is 38.6 Å². The summed E-state index contributed by atoms with van der Waals surface area (Å²) >= 11 is 0. The summed E-state index contributed by atoms with van der Waals surface area (Å²) in [5, 5.41) is 3.36. The zero-order chi connectivity index (χ0) is 10.4. The Hall–Kier alpha value is -0.120. The lowest BCUT2D eigenvalue weighted by atomic mass is 10.2. The molecule has 1 fully saturated rings. The van der Waals surface area contributed by atoms with Gasteiger partial charge in [-0.1, -0.05) is 13.8 Å². The van der Waals surface area contributed by atoms with Crippen molar-refractivity contribution >= 4 is 0 Å². The highest BCUT2D eigenvalue weighted by atomic mass is 16.5. The van der Waals surface area contributed by atoms with Crippen LogP contribution in [0.15, 0.2) is 0 Å². The van der Waals surface area contributed by atoms with Gasteiger partial charge in [-0.3, -0.25) is 0 Å². The Balaban J connectivity index is 2.06. The van der Waals surface area contributed by atoms with E-state index < -0.39 is 0 Å². The molecule has 84 valence electrons. The van der Waals surface area contributed by atoms with Gasteiger partial charge in [0.25, 0.3) is 0 Å². The molecule has 1 heterocycles. The van der Waals surface area contributed by atoms with Crippen molar-refractivity contribution in [3.8, 4) is 0 Å². The van der Waals surface area contributed by atoms with Gasteiger partial charge in [0.1, 0.15) is 0 Å². The van der Waals surface area contributed by atoms with E-state index in [1.54, 1.807) is 0 Å². The molecule has 0 aromatic rings. The molecule has 1 N–H and O–H groups in total. The van der Waals surface area contributed by atoms with Crippen molar-refractivity contribution in [2.45, 2.75) is 26.4 Å². The Morgan fingerprint density at radius 1 is 1.50 bits per heavy atom. The van der Waals surface area contributed by atoms with Crippen LogP contribution in [0, 0.1) is 5.92 Å². The van der Waals surface area contributed by atoms with E-state index in [-0.39, 0.29) is 0 Å². The van der Waals surface area contributed by atoms with Crippen LogP contribution in [0.1, 0.15) is 20.3 Å². The largest absolute Gasteiger partial charge is 0.376 e. The van der Waals surface area contributed by atoms with Crippen LogP contribution in [0.3, 0.4) is 0 Å². The van der Waals surface area contributed by atoms with Crippen molar-refractivity contribution in [2.75, 3.05) is 39.8 Å². The third kappa shape index (κ3) is 4.94. The Labute approximate surface area is 87.8 Å². The topological polar surface area (TPSA) is 24.5 Å². The lowest BCUT2D eigenvalue weighted by Crippen LogP contribution is -2.40. The van der Waals surface area contributed by atoms with Crippen LogP contribution >= 0.6 is 0 Å². The van der Waals surface area contributed by atoms with Gasteiger partial charge in [-0.2, -0.15) is 0 Å². The average Bonchev–Trinajstić information content (AvgIpc) is 2.15. The van der Waals surface area contributed by atoms with Gasteiger partial charge in [-0.25, -0.2) is 0 Å². The monoisotopic (exact) mass is 200 g/mol. The summed E-state index contributed by atoms with van der Waals surface area (Å²) < 4.78 is 5.64. The summed E-state index contributed by atoms with van der Waals surface area (Å²) in [5.41, 5.74) is 0. The molecule has 1 atom stereocenters. The van der Waals surface area contributed by atoms with Gasteiger partial charge in [-0.15, -0.1) is 0 Å². The molecule has 0 bridgehead atoms. The van der Waals surface area contributed by atoms with Gasteiger partial charge in [0, 0.05) is 26.2 Å². The first kappa shape index (κ1) is 12.0. The number of nitrogens with zero attached hydrogens (tertiary/aromatic N) is 1. The first-order valence-corrected chi connectivity index (χ1v) is 5.69. The summed E-state index contributed by atoms with van der Waals surface area (Å²) in [6, 6.07) is 0. The fourth-order valence-corrected chi connectivity index (χ4v) is 1.88. The molecule has 0 amide bonds. The molecular formula is C11H24N2O. The molecule has 0 aliphatic carbocycles. The lowest BCUT2D eigenvalue weighted by molar-refractivity contribution is 0.0183. The molecule has 1 unspecified atom stereocenters. The van der Waals surface area contributed by atoms with Crippen LogP contribution in [0.2, 0.25) is 0 Å². The smallest absolute Gasteiger partial charge is 0.0712 e. The second-order valence-electron chi connectivity index (χ2n) is 4.64. The first-order chi connectivity index (χ1) is 6.68. The first-order valence-electron chi connectivity index (χ1n) is 5.69. The maximum Gasteiger partial charge on any atom is 0.0712 e. The zero-order valence-corrected chi connectivity index (χ0v) is 9.75. The van der Waals surface area contributed by atoms with E-state index in [9.17, 15) is 0 Å². The average molecular weight is 200 g/mol. The molecule has 0 aromatic carbocycles. The lowest BCUT2D eigenvalue weighted by Gasteiger charge is -2.26. The summed E-state index contributed by atoms with van der Waals surface area (Å²) in [5.74, 6) is 0.755. The number of nitrogens with one attached hydrogen (secondary N) is 1. The Kier molecular flexibility index (Phi) is 5.45. The normalized spacial score (nSPS) is 23.4. The summed E-state index contributed by atoms with van der Waals surface area (Å²) in [6.45, 7) is 9.75. The molecular weight excluding hydrogens is 176 g/mol. The minimum atomic E-state index is 0.429. The molecule has 0 radical (unpaired) electrons. The van der Waals surface area contributed by atoms with Gasteiger partial charge in [-0.05, 0) is 19.4 Å². The van der Waals surface area contributed by atoms with E-state index in [0.29, 0.717) is 6.10 Å². The predicted molar refractivity (Wildman–Crippen MR) is 59.6 cm³/mol. The summed E-state index contributed by atoms with van der Waals surface area (Å²) in [4.78, 5) is 2.39. The third-order valence-corrected chi connectivity index (χ3v) is 2.51. The highest BCUT2D eigenvalue weighted by Crippen LogP contribution is 2.04. The molecule has 1 saturated heterocycles. The number of rotatable bonds is 5. The Bertz CT molecular complexity index is 144. The number of hydrogen-bond acceptors (Lipinski definition) is 3. The molecule has 0 spiro atoms. The van der Waals surface area contributed by atoms with Crippen LogP contribution in [0.4, 0.5) is 0 Å². The molecule has 1 aliphatic heterocycles. The highest BCUT2D eigenvalue weighted by Gasteiger charge is 2.13. The van der Waals surface area contributed by atoms with Crippen molar-refractivity contribution in [3.05, 3.63) is 0 Å². The highest BCUT2D eigenvalue weighted by molar-refractivity contribution is 4.68. The van der Waals surface area contributed by atoms with Crippen LogP contribution in [-0.4, -0.2) is 50.8 Å². The molecule has 1 aliphatic rings. The molecule has 0 saturated carbocycles. The Morgan fingerprint density at radius 2 is 2.29 bits per heavy atom. The molecule has 3 nitrogen and oxygen atoms in total. The zero-order valence-electron chi connectivity index (χ0n) is 9.75. The molecule has 1 rings (SSSR count). The van der Waals surface area contributed by atoms with Gasteiger partial charge in [0.15, 0.2) is 0 Å². The van der Waals surface area contributed by atoms with Gasteiger partial charge in [0.05, 0.1) is 12.7 Å². The van der Waals surface area contributed by atoms with E-state index in [1.165, 1.54) is 6.54 Å². The minimum Gasteiger partial charge on any atom is -0.376 e. The van der Waals surface area contributed by atoms with Crippen LogP contribution < -0.4 is 5.32 Å². The quantitative estimate of drug-likeness (QED) is 0.715. The van der Waals surface area contributed by atoms with Crippen LogP contribution in [0.25, 0.3) is 0 Å². The standard InChI is InChI=1S/C11H24N2O/c1-10(2)9-13(3)6-4-11-8-12-5-7-14-11/h10-12H,4-9H2,1-3H3. The number of hydrogen-bond donors (Lipinski definition) is 1. The maximum atomic E-state index is 5.64. The van der Waals surface area contributed by atoms with Crippen molar-refractivity contribution in [3.63, 3.8) is 0 Å². The van der Waals surface area contributed by atoms with E-state index in [1.807, 2.05) is 0 Å². The van der Waals surface area contributed by atoms with Crippen molar-refractivity contribution in [1.82, 2.24) is 10.2 Å². The van der Waals surface area contributed by atoms with E-state index in [4.69, 9.17) is 4.74 Å². The SMILES string of the molecule is CC(C)CN(C)CCC1CNCCO1. The fourth-order valence-electron chi connectivity index (χ4n) is 1.88. The summed E-state index contributed by atoms with van der Waals surface area (Å²) in [6.07, 6.45) is 1.58. The van der Waals surface area contributed by atoms with E-state index >= 15 is 0 Å². The summed E-state index contributed by atoms with van der Waals surface area (Å²) in [7, 11) is 2.19. The maximum absolute atomic E-state index is 5.64. The van der Waals surface area contributed by atoms with Gasteiger partial charge >= 0.3 is 0 Å². The Morgan fingerprint density at radius 3 is 2.86 bits per heavy atom. The fraction of sp³-hybridized carbons (Fsp3) is 1.00. The molecule has 14 heavy (non-hydrogen) atoms. The molecule has 3 heteroatoms. The second kappa shape index (κ2) is 6.38.